The van der Waals surface area contributed by atoms with E-state index in [2.05, 4.69) is 54.7 Å². The van der Waals surface area contributed by atoms with E-state index < -0.39 is 11.7 Å². The number of hydrogen-bond acceptors (Lipinski definition) is 1. The lowest BCUT2D eigenvalue weighted by Gasteiger charge is -2.34. The van der Waals surface area contributed by atoms with Crippen molar-refractivity contribution in [2.24, 2.45) is 17.3 Å². The van der Waals surface area contributed by atoms with Gasteiger partial charge < -0.3 is 4.98 Å². The molecule has 136 valence electrons. The van der Waals surface area contributed by atoms with E-state index in [1.165, 1.54) is 6.07 Å². The molecule has 0 saturated heterocycles. The quantitative estimate of drug-likeness (QED) is 0.505. The molecule has 1 N–H and O–H groups in total. The summed E-state index contributed by atoms with van der Waals surface area (Å²) in [6.07, 6.45) is -1.40. The molecule has 25 heavy (non-hydrogen) atoms. The highest BCUT2D eigenvalue weighted by atomic mass is 79.9. The summed E-state index contributed by atoms with van der Waals surface area (Å²) in [6, 6.07) is 2.26. The Labute approximate surface area is 158 Å². The molecule has 2 nitrogen and oxygen atoms in total. The van der Waals surface area contributed by atoms with Crippen molar-refractivity contribution < 1.29 is 13.2 Å². The minimum atomic E-state index is -4.41. The van der Waals surface area contributed by atoms with Crippen molar-refractivity contribution >= 4 is 44.9 Å². The molecular formula is C18H20BrF3N2S. The van der Waals surface area contributed by atoms with Gasteiger partial charge in [-0.2, -0.15) is 13.2 Å². The molecule has 1 aromatic carbocycles. The van der Waals surface area contributed by atoms with E-state index in [1.54, 1.807) is 4.57 Å². The van der Waals surface area contributed by atoms with E-state index in [9.17, 15) is 13.2 Å². The van der Waals surface area contributed by atoms with Gasteiger partial charge >= 0.3 is 6.18 Å². The summed E-state index contributed by atoms with van der Waals surface area (Å²) in [6.45, 7) is 8.63. The van der Waals surface area contributed by atoms with Crippen LogP contribution in [0.4, 0.5) is 13.2 Å². The van der Waals surface area contributed by atoms with E-state index in [0.717, 1.165) is 18.2 Å². The summed E-state index contributed by atoms with van der Waals surface area (Å²) >= 11 is 8.71. The minimum Gasteiger partial charge on any atom is -0.329 e. The fourth-order valence-corrected chi connectivity index (χ4v) is 4.89. The average molecular weight is 433 g/mol. The number of halogens is 4. The highest BCUT2D eigenvalue weighted by Gasteiger charge is 2.41. The summed E-state index contributed by atoms with van der Waals surface area (Å²) in [5, 5.41) is 0. The van der Waals surface area contributed by atoms with Crippen LogP contribution in [0.3, 0.4) is 0 Å². The van der Waals surface area contributed by atoms with E-state index in [1.807, 2.05) is 0 Å². The van der Waals surface area contributed by atoms with E-state index >= 15 is 0 Å². The number of imidazole rings is 1. The maximum atomic E-state index is 13.3. The number of alkyl halides is 3. The maximum absolute atomic E-state index is 13.3. The molecule has 1 aromatic heterocycles. The van der Waals surface area contributed by atoms with Gasteiger partial charge in [-0.3, -0.25) is 4.57 Å². The van der Waals surface area contributed by atoms with Crippen LogP contribution in [-0.4, -0.2) is 9.55 Å². The third-order valence-corrected chi connectivity index (χ3v) is 6.18. The highest BCUT2D eigenvalue weighted by molar-refractivity contribution is 9.10. The monoisotopic (exact) mass is 432 g/mol. The van der Waals surface area contributed by atoms with Crippen molar-refractivity contribution in [1.29, 1.82) is 0 Å². The van der Waals surface area contributed by atoms with Crippen molar-refractivity contribution in [2.75, 3.05) is 0 Å². The van der Waals surface area contributed by atoms with Crippen molar-refractivity contribution in [3.8, 4) is 0 Å². The standard InChI is InChI=1S/C18H20BrF3N2S/c1-9(2)11-5-6-14(17(11,3)4)24-13-8-10(18(20,21)22)7-12(19)15(13)23-16(24)25/h6-9,11H,5H2,1-4H3,(H,23,25). The molecule has 0 radical (unpaired) electrons. The number of fused-ring (bicyclic) bond motifs is 1. The second-order valence-corrected chi connectivity index (χ2v) is 8.75. The Bertz CT molecular complexity index is 919. The fourth-order valence-electron chi connectivity index (χ4n) is 4.04. The van der Waals surface area contributed by atoms with Crippen LogP contribution in [-0.2, 0) is 6.18 Å². The molecule has 0 amide bonds. The number of hydrogen-bond donors (Lipinski definition) is 1. The SMILES string of the molecule is CC(C)C1CC=C(n2c(=S)[nH]c3c(Br)cc(C(F)(F)F)cc32)C1(C)C. The zero-order chi connectivity index (χ0) is 18.7. The Hall–Kier alpha value is -1.08. The molecule has 0 aliphatic heterocycles. The summed E-state index contributed by atoms with van der Waals surface area (Å²) in [5.74, 6) is 0.893. The van der Waals surface area contributed by atoms with Crippen LogP contribution < -0.4 is 0 Å². The van der Waals surface area contributed by atoms with Crippen LogP contribution >= 0.6 is 28.1 Å². The third kappa shape index (κ3) is 2.99. The predicted octanol–water partition coefficient (Wildman–Crippen LogP) is 7.02. The predicted molar refractivity (Wildman–Crippen MR) is 101 cm³/mol. The first-order valence-electron chi connectivity index (χ1n) is 8.17. The molecule has 0 spiro atoms. The van der Waals surface area contributed by atoms with E-state index in [-0.39, 0.29) is 5.41 Å². The number of aromatic amines is 1. The van der Waals surface area contributed by atoms with Crippen molar-refractivity contribution in [3.63, 3.8) is 0 Å². The lowest BCUT2D eigenvalue weighted by molar-refractivity contribution is -0.137. The maximum Gasteiger partial charge on any atom is 0.416 e. The van der Waals surface area contributed by atoms with Gasteiger partial charge in [-0.25, -0.2) is 0 Å². The first-order chi connectivity index (χ1) is 11.4. The van der Waals surface area contributed by atoms with Gasteiger partial charge in [-0.15, -0.1) is 0 Å². The Morgan fingerprint density at radius 2 is 1.96 bits per heavy atom. The van der Waals surface area contributed by atoms with E-state index in [4.69, 9.17) is 12.2 Å². The van der Waals surface area contributed by atoms with Gasteiger partial charge in [0.25, 0.3) is 0 Å². The van der Waals surface area contributed by atoms with Crippen LogP contribution in [0, 0.1) is 22.0 Å². The molecule has 7 heteroatoms. The molecular weight excluding hydrogens is 413 g/mol. The van der Waals surface area contributed by atoms with Crippen molar-refractivity contribution in [3.05, 3.63) is 33.0 Å². The lowest BCUT2D eigenvalue weighted by atomic mass is 9.74. The number of nitrogens with zero attached hydrogens (tertiary/aromatic N) is 1. The zero-order valence-corrected chi connectivity index (χ0v) is 16.9. The van der Waals surface area contributed by atoms with E-state index in [0.29, 0.717) is 32.1 Å². The minimum absolute atomic E-state index is 0.178. The van der Waals surface area contributed by atoms with Crippen molar-refractivity contribution in [2.45, 2.75) is 40.3 Å². The molecule has 1 atom stereocenters. The van der Waals surface area contributed by atoms with Gasteiger partial charge in [0.05, 0.1) is 16.6 Å². The Morgan fingerprint density at radius 1 is 1.32 bits per heavy atom. The summed E-state index contributed by atoms with van der Waals surface area (Å²) < 4.78 is 42.3. The molecule has 0 saturated carbocycles. The highest BCUT2D eigenvalue weighted by Crippen LogP contribution is 2.50. The zero-order valence-electron chi connectivity index (χ0n) is 14.5. The summed E-state index contributed by atoms with van der Waals surface area (Å²) in [7, 11) is 0. The molecule has 1 heterocycles. The Balaban J connectivity index is 2.26. The van der Waals surface area contributed by atoms with Gasteiger partial charge in [0.1, 0.15) is 0 Å². The number of benzene rings is 1. The number of allylic oxidation sites excluding steroid dienone is 2. The molecule has 0 fully saturated rings. The summed E-state index contributed by atoms with van der Waals surface area (Å²) in [4.78, 5) is 3.06. The van der Waals surface area contributed by atoms with Crippen LogP contribution in [0.15, 0.2) is 22.7 Å². The number of nitrogens with one attached hydrogen (secondary N) is 1. The van der Waals surface area contributed by atoms with Gasteiger partial charge in [-0.1, -0.05) is 33.8 Å². The Kier molecular flexibility index (Phi) is 4.47. The van der Waals surface area contributed by atoms with Crippen LogP contribution in [0.1, 0.15) is 39.7 Å². The van der Waals surface area contributed by atoms with Gasteiger partial charge in [0.2, 0.25) is 0 Å². The first-order valence-corrected chi connectivity index (χ1v) is 9.37. The van der Waals surface area contributed by atoms with Gasteiger partial charge in [0, 0.05) is 15.6 Å². The Morgan fingerprint density at radius 3 is 2.48 bits per heavy atom. The first kappa shape index (κ1) is 18.7. The number of aromatic nitrogens is 2. The average Bonchev–Trinajstić information content (AvgIpc) is 2.94. The third-order valence-electron chi connectivity index (χ3n) is 5.27. The number of rotatable bonds is 2. The topological polar surface area (TPSA) is 20.7 Å². The second kappa shape index (κ2) is 5.98. The number of H-pyrrole nitrogens is 1. The molecule has 3 rings (SSSR count). The van der Waals surface area contributed by atoms with Crippen LogP contribution in [0.2, 0.25) is 0 Å². The molecule has 1 unspecified atom stereocenters. The van der Waals surface area contributed by atoms with Gasteiger partial charge in [0.15, 0.2) is 4.77 Å². The van der Waals surface area contributed by atoms with Crippen LogP contribution in [0.5, 0.6) is 0 Å². The fraction of sp³-hybridized carbons (Fsp3) is 0.500. The second-order valence-electron chi connectivity index (χ2n) is 7.51. The van der Waals surface area contributed by atoms with Crippen LogP contribution in [0.25, 0.3) is 16.7 Å². The normalized spacial score (nSPS) is 20.5. The largest absolute Gasteiger partial charge is 0.416 e. The smallest absolute Gasteiger partial charge is 0.329 e. The van der Waals surface area contributed by atoms with Crippen molar-refractivity contribution in [1.82, 2.24) is 9.55 Å². The summed E-state index contributed by atoms with van der Waals surface area (Å²) in [5.41, 5.74) is 1.14. The van der Waals surface area contributed by atoms with Gasteiger partial charge in [-0.05, 0) is 58.5 Å². The molecule has 2 aromatic rings. The molecule has 1 aliphatic rings. The molecule has 1 aliphatic carbocycles. The molecule has 0 bridgehead atoms. The lowest BCUT2D eigenvalue weighted by Crippen LogP contribution is -2.27.